The number of benzene rings is 1. The van der Waals surface area contributed by atoms with E-state index in [-0.39, 0.29) is 0 Å². The van der Waals surface area contributed by atoms with E-state index >= 15 is 0 Å². The number of aromatic nitrogens is 5. The SMILES string of the molecule is Cc1ccn(-c2nc(N)cnc2-c2ccc3ncsc3c2)n1. The van der Waals surface area contributed by atoms with Crippen LogP contribution < -0.4 is 5.73 Å². The Morgan fingerprint density at radius 2 is 2.09 bits per heavy atom. The third-order valence-electron chi connectivity index (χ3n) is 3.32. The molecule has 0 amide bonds. The zero-order valence-electron chi connectivity index (χ0n) is 11.8. The molecular formula is C15H12N6S. The van der Waals surface area contributed by atoms with Gasteiger partial charge in [0.2, 0.25) is 0 Å². The lowest BCUT2D eigenvalue weighted by atomic mass is 10.1. The highest BCUT2D eigenvalue weighted by Gasteiger charge is 2.13. The lowest BCUT2D eigenvalue weighted by molar-refractivity contribution is 0.829. The first-order chi connectivity index (χ1) is 10.7. The minimum atomic E-state index is 0.366. The first-order valence-corrected chi connectivity index (χ1v) is 7.57. The molecule has 2 N–H and O–H groups in total. The van der Waals surface area contributed by atoms with Crippen LogP contribution in [0.3, 0.4) is 0 Å². The monoisotopic (exact) mass is 308 g/mol. The van der Waals surface area contributed by atoms with Gasteiger partial charge in [0.25, 0.3) is 0 Å². The number of rotatable bonds is 2. The summed E-state index contributed by atoms with van der Waals surface area (Å²) in [6.07, 6.45) is 3.42. The second kappa shape index (κ2) is 4.88. The smallest absolute Gasteiger partial charge is 0.182 e. The van der Waals surface area contributed by atoms with Crippen molar-refractivity contribution in [2.45, 2.75) is 6.92 Å². The molecule has 0 aliphatic heterocycles. The molecular weight excluding hydrogens is 296 g/mol. The highest BCUT2D eigenvalue weighted by Crippen LogP contribution is 2.28. The summed E-state index contributed by atoms with van der Waals surface area (Å²) in [5.74, 6) is 0.989. The first kappa shape index (κ1) is 12.9. The molecule has 0 unspecified atom stereocenters. The number of nitrogens with two attached hydrogens (primary N) is 1. The van der Waals surface area contributed by atoms with Gasteiger partial charge in [0.15, 0.2) is 5.82 Å². The molecule has 3 heterocycles. The highest BCUT2D eigenvalue weighted by molar-refractivity contribution is 7.16. The maximum atomic E-state index is 5.80. The van der Waals surface area contributed by atoms with Gasteiger partial charge in [0.05, 0.1) is 27.6 Å². The molecule has 6 nitrogen and oxygen atoms in total. The molecule has 0 radical (unpaired) electrons. The molecule has 7 heteroatoms. The minimum absolute atomic E-state index is 0.366. The molecule has 0 spiro atoms. The zero-order valence-corrected chi connectivity index (χ0v) is 12.6. The van der Waals surface area contributed by atoms with Crippen molar-refractivity contribution in [2.24, 2.45) is 0 Å². The van der Waals surface area contributed by atoms with Crippen molar-refractivity contribution in [1.29, 1.82) is 0 Å². The van der Waals surface area contributed by atoms with Crippen molar-refractivity contribution in [3.63, 3.8) is 0 Å². The van der Waals surface area contributed by atoms with Gasteiger partial charge >= 0.3 is 0 Å². The van der Waals surface area contributed by atoms with E-state index in [0.717, 1.165) is 27.2 Å². The van der Waals surface area contributed by atoms with Crippen molar-refractivity contribution >= 4 is 27.4 Å². The summed E-state index contributed by atoms with van der Waals surface area (Å²) in [5, 5.41) is 4.41. The Morgan fingerprint density at radius 3 is 2.91 bits per heavy atom. The van der Waals surface area contributed by atoms with E-state index in [1.165, 1.54) is 0 Å². The normalized spacial score (nSPS) is 11.1. The van der Waals surface area contributed by atoms with Gasteiger partial charge in [-0.25, -0.2) is 19.6 Å². The van der Waals surface area contributed by atoms with Crippen molar-refractivity contribution in [3.8, 4) is 17.1 Å². The summed E-state index contributed by atoms with van der Waals surface area (Å²) in [6, 6.07) is 7.95. The molecule has 4 rings (SSSR count). The number of aryl methyl sites for hydroxylation is 1. The molecule has 1 aromatic carbocycles. The van der Waals surface area contributed by atoms with Crippen LogP contribution in [0.1, 0.15) is 5.69 Å². The van der Waals surface area contributed by atoms with Gasteiger partial charge in [0.1, 0.15) is 11.5 Å². The van der Waals surface area contributed by atoms with E-state index in [0.29, 0.717) is 11.6 Å². The van der Waals surface area contributed by atoms with Crippen molar-refractivity contribution in [1.82, 2.24) is 24.7 Å². The lowest BCUT2D eigenvalue weighted by Gasteiger charge is -2.08. The molecule has 108 valence electrons. The van der Waals surface area contributed by atoms with Crippen molar-refractivity contribution < 1.29 is 0 Å². The van der Waals surface area contributed by atoms with Crippen LogP contribution >= 0.6 is 11.3 Å². The van der Waals surface area contributed by atoms with Gasteiger partial charge < -0.3 is 5.73 Å². The lowest BCUT2D eigenvalue weighted by Crippen LogP contribution is -2.05. The second-order valence-corrected chi connectivity index (χ2v) is 5.79. The number of thiazole rings is 1. The maximum absolute atomic E-state index is 5.80. The van der Waals surface area contributed by atoms with E-state index in [1.807, 2.05) is 36.8 Å². The quantitative estimate of drug-likeness (QED) is 0.615. The summed E-state index contributed by atoms with van der Waals surface area (Å²) in [4.78, 5) is 13.2. The minimum Gasteiger partial charge on any atom is -0.382 e. The molecule has 3 aromatic heterocycles. The van der Waals surface area contributed by atoms with Crippen LogP contribution in [-0.4, -0.2) is 24.7 Å². The van der Waals surface area contributed by atoms with Crippen molar-refractivity contribution in [2.75, 3.05) is 5.73 Å². The number of anilines is 1. The number of hydrogen-bond donors (Lipinski definition) is 1. The number of fused-ring (bicyclic) bond motifs is 1. The average molecular weight is 308 g/mol. The van der Waals surface area contributed by atoms with Gasteiger partial charge in [0, 0.05) is 11.8 Å². The number of hydrogen-bond acceptors (Lipinski definition) is 6. The van der Waals surface area contributed by atoms with Gasteiger partial charge in [-0.15, -0.1) is 11.3 Å². The van der Waals surface area contributed by atoms with Gasteiger partial charge in [-0.3, -0.25) is 0 Å². The summed E-state index contributed by atoms with van der Waals surface area (Å²) in [5.41, 5.74) is 11.2. The van der Waals surface area contributed by atoms with Crippen LogP contribution in [-0.2, 0) is 0 Å². The first-order valence-electron chi connectivity index (χ1n) is 6.69. The zero-order chi connectivity index (χ0) is 15.1. The Labute approximate surface area is 130 Å². The third-order valence-corrected chi connectivity index (χ3v) is 4.11. The standard InChI is InChI=1S/C15H12N6S/c1-9-4-5-21(20-9)15-14(17-7-13(16)19-15)10-2-3-11-12(6-10)22-8-18-11/h2-8H,1H3,(H2,16,19). The molecule has 4 aromatic rings. The molecule has 0 fully saturated rings. The predicted molar refractivity (Wildman–Crippen MR) is 86.9 cm³/mol. The number of nitrogen functional groups attached to an aromatic ring is 1. The van der Waals surface area contributed by atoms with Crippen LogP contribution in [0.15, 0.2) is 42.2 Å². The van der Waals surface area contributed by atoms with E-state index in [2.05, 4.69) is 26.1 Å². The van der Waals surface area contributed by atoms with E-state index in [9.17, 15) is 0 Å². The van der Waals surface area contributed by atoms with Gasteiger partial charge in [-0.05, 0) is 25.1 Å². The number of nitrogens with zero attached hydrogens (tertiary/aromatic N) is 5. The largest absolute Gasteiger partial charge is 0.382 e. The Balaban J connectivity index is 1.94. The average Bonchev–Trinajstić information content (AvgIpc) is 3.15. The van der Waals surface area contributed by atoms with Crippen LogP contribution in [0, 0.1) is 6.92 Å². The van der Waals surface area contributed by atoms with Gasteiger partial charge in [-0.2, -0.15) is 5.10 Å². The van der Waals surface area contributed by atoms with Gasteiger partial charge in [-0.1, -0.05) is 6.07 Å². The molecule has 0 aliphatic carbocycles. The molecule has 0 aliphatic rings. The van der Waals surface area contributed by atoms with Crippen LogP contribution in [0.2, 0.25) is 0 Å². The van der Waals surface area contributed by atoms with Crippen LogP contribution in [0.4, 0.5) is 5.82 Å². The Kier molecular flexibility index (Phi) is 2.87. The summed E-state index contributed by atoms with van der Waals surface area (Å²) in [7, 11) is 0. The molecule has 22 heavy (non-hydrogen) atoms. The fraction of sp³-hybridized carbons (Fsp3) is 0.0667. The van der Waals surface area contributed by atoms with Crippen molar-refractivity contribution in [3.05, 3.63) is 47.9 Å². The third kappa shape index (κ3) is 2.11. The van der Waals surface area contributed by atoms with Crippen LogP contribution in [0.25, 0.3) is 27.3 Å². The van der Waals surface area contributed by atoms with E-state index in [1.54, 1.807) is 22.2 Å². The Hall–Kier alpha value is -2.80. The molecule has 0 saturated carbocycles. The van der Waals surface area contributed by atoms with E-state index < -0.39 is 0 Å². The molecule has 0 atom stereocenters. The Bertz CT molecular complexity index is 971. The fourth-order valence-electron chi connectivity index (χ4n) is 2.29. The topological polar surface area (TPSA) is 82.5 Å². The summed E-state index contributed by atoms with van der Waals surface area (Å²) >= 11 is 1.60. The maximum Gasteiger partial charge on any atom is 0.182 e. The molecule has 0 saturated heterocycles. The molecule has 0 bridgehead atoms. The fourth-order valence-corrected chi connectivity index (χ4v) is 3.01. The summed E-state index contributed by atoms with van der Waals surface area (Å²) < 4.78 is 2.81. The Morgan fingerprint density at radius 1 is 1.18 bits per heavy atom. The second-order valence-electron chi connectivity index (χ2n) is 4.90. The highest BCUT2D eigenvalue weighted by atomic mass is 32.1. The van der Waals surface area contributed by atoms with Crippen LogP contribution in [0.5, 0.6) is 0 Å². The predicted octanol–water partition coefficient (Wildman–Crippen LogP) is 2.83. The van der Waals surface area contributed by atoms with E-state index in [4.69, 9.17) is 5.73 Å². The summed E-state index contributed by atoms with van der Waals surface area (Å²) in [6.45, 7) is 1.93.